The molecule has 0 spiro atoms. The number of allylic oxidation sites excluding steroid dienone is 3. The monoisotopic (exact) mass is 563 g/mol. The van der Waals surface area contributed by atoms with Crippen LogP contribution in [-0.4, -0.2) is 34.3 Å². The maximum atomic E-state index is 15.0. The molecule has 0 bridgehead atoms. The molecule has 2 aromatic rings. The molecule has 34 heavy (non-hydrogen) atoms. The second kappa shape index (κ2) is 10.2. The van der Waals surface area contributed by atoms with E-state index in [4.69, 9.17) is 10.5 Å². The standard InChI is InChI=1S/C22H19BrFN5O3S2/c1-2-32-17(31)10-33-22-28-27-21(34-22)29-15-4-3-5-16(30)19(15)18(13(9-25)20(29)26)12-7-6-11(23)8-14(12)24/h6-8,18H,2-5,10,26H2,1H3. The van der Waals surface area contributed by atoms with Crippen molar-refractivity contribution in [3.63, 3.8) is 0 Å². The Morgan fingerprint density at radius 2 is 2.24 bits per heavy atom. The Kier molecular flexibility index (Phi) is 7.35. The Morgan fingerprint density at radius 1 is 1.44 bits per heavy atom. The first-order chi connectivity index (χ1) is 16.3. The lowest BCUT2D eigenvalue weighted by molar-refractivity contribution is -0.139. The highest BCUT2D eigenvalue weighted by Gasteiger charge is 2.42. The molecule has 0 saturated heterocycles. The summed E-state index contributed by atoms with van der Waals surface area (Å²) in [6.07, 6.45) is 1.42. The zero-order valence-electron chi connectivity index (χ0n) is 18.0. The first kappa shape index (κ1) is 24.4. The van der Waals surface area contributed by atoms with E-state index in [0.717, 1.165) is 0 Å². The number of halogens is 2. The molecule has 1 aliphatic carbocycles. The fourth-order valence-electron chi connectivity index (χ4n) is 4.03. The van der Waals surface area contributed by atoms with Crippen LogP contribution in [0.25, 0.3) is 0 Å². The quantitative estimate of drug-likeness (QED) is 0.402. The van der Waals surface area contributed by atoms with Gasteiger partial charge in [-0.2, -0.15) is 5.26 Å². The number of esters is 1. The molecule has 2 N–H and O–H groups in total. The number of benzene rings is 1. The van der Waals surface area contributed by atoms with Crippen molar-refractivity contribution in [3.05, 3.63) is 56.7 Å². The SMILES string of the molecule is CCOC(=O)CSc1nnc(N2C(N)=C(C#N)C(c3ccc(Br)cc3F)C3=C2CCCC3=O)s1. The number of thioether (sulfide) groups is 1. The molecule has 1 aliphatic heterocycles. The summed E-state index contributed by atoms with van der Waals surface area (Å²) in [5, 5.41) is 18.7. The molecule has 4 rings (SSSR count). The van der Waals surface area contributed by atoms with E-state index in [9.17, 15) is 19.2 Å². The molecule has 0 saturated carbocycles. The Morgan fingerprint density at radius 3 is 2.94 bits per heavy atom. The van der Waals surface area contributed by atoms with Crippen molar-refractivity contribution in [2.75, 3.05) is 17.3 Å². The molecule has 2 heterocycles. The lowest BCUT2D eigenvalue weighted by Crippen LogP contribution is -2.38. The van der Waals surface area contributed by atoms with Crippen LogP contribution in [-0.2, 0) is 14.3 Å². The van der Waals surface area contributed by atoms with Gasteiger partial charge < -0.3 is 10.5 Å². The van der Waals surface area contributed by atoms with Crippen molar-refractivity contribution in [2.45, 2.75) is 36.4 Å². The summed E-state index contributed by atoms with van der Waals surface area (Å²) < 4.78 is 21.0. The maximum Gasteiger partial charge on any atom is 0.316 e. The average molecular weight is 564 g/mol. The van der Waals surface area contributed by atoms with Gasteiger partial charge in [-0.05, 0) is 31.9 Å². The van der Waals surface area contributed by atoms with Gasteiger partial charge in [-0.15, -0.1) is 10.2 Å². The van der Waals surface area contributed by atoms with Gasteiger partial charge in [0, 0.05) is 27.7 Å². The summed E-state index contributed by atoms with van der Waals surface area (Å²) in [5.41, 5.74) is 7.70. The van der Waals surface area contributed by atoms with E-state index in [0.29, 0.717) is 44.5 Å². The highest BCUT2D eigenvalue weighted by molar-refractivity contribution is 9.10. The van der Waals surface area contributed by atoms with Crippen molar-refractivity contribution in [1.82, 2.24) is 10.2 Å². The van der Waals surface area contributed by atoms with Gasteiger partial charge in [-0.1, -0.05) is 45.1 Å². The minimum absolute atomic E-state index is 0.0751. The van der Waals surface area contributed by atoms with Gasteiger partial charge in [0.2, 0.25) is 5.13 Å². The van der Waals surface area contributed by atoms with Crippen LogP contribution in [0.3, 0.4) is 0 Å². The summed E-state index contributed by atoms with van der Waals surface area (Å²) in [6.45, 7) is 2.02. The fraction of sp³-hybridized carbons (Fsp3) is 0.318. The van der Waals surface area contributed by atoms with Crippen molar-refractivity contribution in [2.24, 2.45) is 5.73 Å². The third kappa shape index (κ3) is 4.60. The van der Waals surface area contributed by atoms with E-state index in [1.165, 1.54) is 29.2 Å². The van der Waals surface area contributed by atoms with E-state index in [1.807, 2.05) is 0 Å². The van der Waals surface area contributed by atoms with Crippen LogP contribution in [0, 0.1) is 17.1 Å². The van der Waals surface area contributed by atoms with Gasteiger partial charge in [-0.3, -0.25) is 14.5 Å². The van der Waals surface area contributed by atoms with Gasteiger partial charge in [0.05, 0.1) is 29.9 Å². The molecule has 1 aromatic carbocycles. The van der Waals surface area contributed by atoms with Crippen molar-refractivity contribution >= 4 is 55.9 Å². The van der Waals surface area contributed by atoms with E-state index >= 15 is 0 Å². The number of carbonyl (C=O) groups excluding carboxylic acids is 2. The molecular weight excluding hydrogens is 545 g/mol. The van der Waals surface area contributed by atoms with Crippen molar-refractivity contribution in [1.29, 1.82) is 5.26 Å². The van der Waals surface area contributed by atoms with Crippen LogP contribution in [0.15, 0.2) is 49.7 Å². The molecule has 1 unspecified atom stereocenters. The van der Waals surface area contributed by atoms with Crippen LogP contribution in [0.5, 0.6) is 0 Å². The number of nitrogens with zero attached hydrogens (tertiary/aromatic N) is 4. The van der Waals surface area contributed by atoms with Gasteiger partial charge in [0.25, 0.3) is 0 Å². The first-order valence-electron chi connectivity index (χ1n) is 10.4. The third-order valence-electron chi connectivity index (χ3n) is 5.39. The largest absolute Gasteiger partial charge is 0.465 e. The molecule has 8 nitrogen and oxygen atoms in total. The summed E-state index contributed by atoms with van der Waals surface area (Å²) in [4.78, 5) is 26.3. The van der Waals surface area contributed by atoms with E-state index in [-0.39, 0.29) is 41.1 Å². The van der Waals surface area contributed by atoms with Crippen molar-refractivity contribution < 1.29 is 18.7 Å². The Hall–Kier alpha value is -2.75. The number of aromatic nitrogens is 2. The van der Waals surface area contributed by atoms with Crippen LogP contribution in [0.2, 0.25) is 0 Å². The number of nitriles is 1. The Labute approximate surface area is 211 Å². The lowest BCUT2D eigenvalue weighted by Gasteiger charge is -2.38. The van der Waals surface area contributed by atoms with E-state index < -0.39 is 11.7 Å². The second-order valence-corrected chi connectivity index (χ2v) is 10.5. The zero-order chi connectivity index (χ0) is 24.4. The number of ketones is 1. The van der Waals surface area contributed by atoms with Crippen LogP contribution < -0.4 is 10.6 Å². The summed E-state index contributed by atoms with van der Waals surface area (Å²) in [6, 6.07) is 6.63. The minimum atomic E-state index is -0.900. The normalized spacial score (nSPS) is 18.1. The Balaban J connectivity index is 1.78. The lowest BCUT2D eigenvalue weighted by atomic mass is 9.75. The fourth-order valence-corrected chi connectivity index (χ4v) is 6.04. The minimum Gasteiger partial charge on any atom is -0.465 e. The number of carbonyl (C=O) groups is 2. The molecule has 1 aromatic heterocycles. The number of nitrogens with two attached hydrogens (primary N) is 1. The summed E-state index contributed by atoms with van der Waals surface area (Å²) in [5.74, 6) is -1.79. The summed E-state index contributed by atoms with van der Waals surface area (Å²) >= 11 is 5.61. The van der Waals surface area contributed by atoms with Gasteiger partial charge in [0.15, 0.2) is 10.1 Å². The van der Waals surface area contributed by atoms with Gasteiger partial charge in [-0.25, -0.2) is 4.39 Å². The average Bonchev–Trinajstić information content (AvgIpc) is 3.26. The number of hydrogen-bond donors (Lipinski definition) is 1. The number of hydrogen-bond acceptors (Lipinski definition) is 10. The van der Waals surface area contributed by atoms with Crippen LogP contribution in [0.1, 0.15) is 37.7 Å². The van der Waals surface area contributed by atoms with E-state index in [1.54, 1.807) is 24.0 Å². The summed E-state index contributed by atoms with van der Waals surface area (Å²) in [7, 11) is 0. The molecule has 2 aliphatic rings. The molecule has 1 atom stereocenters. The molecular formula is C22H19BrFN5O3S2. The second-order valence-electron chi connectivity index (χ2n) is 7.43. The number of Topliss-reactive ketones (excluding diaryl/α,β-unsaturated/α-hetero) is 1. The first-order valence-corrected chi connectivity index (χ1v) is 13.0. The zero-order valence-corrected chi connectivity index (χ0v) is 21.2. The molecule has 176 valence electrons. The third-order valence-corrected chi connectivity index (χ3v) is 7.90. The highest BCUT2D eigenvalue weighted by atomic mass is 79.9. The molecule has 0 radical (unpaired) electrons. The topological polar surface area (TPSA) is 122 Å². The molecule has 12 heteroatoms. The predicted octanol–water partition coefficient (Wildman–Crippen LogP) is 4.40. The smallest absolute Gasteiger partial charge is 0.316 e. The van der Waals surface area contributed by atoms with E-state index in [2.05, 4.69) is 32.2 Å². The number of rotatable bonds is 6. The van der Waals surface area contributed by atoms with Gasteiger partial charge in [0.1, 0.15) is 11.6 Å². The molecule has 0 fully saturated rings. The highest BCUT2D eigenvalue weighted by Crippen LogP contribution is 2.47. The van der Waals surface area contributed by atoms with Crippen molar-refractivity contribution in [3.8, 4) is 6.07 Å². The number of anilines is 1. The van der Waals surface area contributed by atoms with Crippen LogP contribution >= 0.6 is 39.0 Å². The molecule has 0 amide bonds. The predicted molar refractivity (Wildman–Crippen MR) is 129 cm³/mol. The Bertz CT molecular complexity index is 1270. The van der Waals surface area contributed by atoms with Crippen LogP contribution in [0.4, 0.5) is 9.52 Å². The number of ether oxygens (including phenoxy) is 1. The maximum absolute atomic E-state index is 15.0. The van der Waals surface area contributed by atoms with Gasteiger partial charge >= 0.3 is 5.97 Å².